The topological polar surface area (TPSA) is 64.5 Å². The van der Waals surface area contributed by atoms with Crippen LogP contribution in [-0.4, -0.2) is 59.3 Å². The summed E-state index contributed by atoms with van der Waals surface area (Å²) in [6.45, 7) is 6.88. The highest BCUT2D eigenvalue weighted by Gasteiger charge is 2.17. The number of aliphatic hydroxyl groups excluding tert-OH is 1. The maximum absolute atomic E-state index is 9.18. The van der Waals surface area contributed by atoms with E-state index in [4.69, 9.17) is 16.6 Å². The Hall–Kier alpha value is -3.19. The lowest BCUT2D eigenvalue weighted by Crippen LogP contribution is -2.47. The molecule has 34 heavy (non-hydrogen) atoms. The van der Waals surface area contributed by atoms with Gasteiger partial charge in [-0.1, -0.05) is 35.9 Å². The molecule has 2 N–H and O–H groups in total. The van der Waals surface area contributed by atoms with Crippen molar-refractivity contribution in [2.75, 3.05) is 49.5 Å². The van der Waals surface area contributed by atoms with Gasteiger partial charge in [-0.2, -0.15) is 0 Å². The third-order valence-electron chi connectivity index (χ3n) is 6.24. The van der Waals surface area contributed by atoms with Crippen LogP contribution in [0.25, 0.3) is 22.0 Å². The number of fused-ring (bicyclic) bond motifs is 1. The van der Waals surface area contributed by atoms with Gasteiger partial charge in [-0.05, 0) is 54.4 Å². The molecule has 1 saturated heterocycles. The number of aliphatic hydroxyl groups is 1. The van der Waals surface area contributed by atoms with Gasteiger partial charge in [0.2, 0.25) is 5.95 Å². The van der Waals surface area contributed by atoms with Crippen LogP contribution in [0.4, 0.5) is 17.3 Å². The quantitative estimate of drug-likeness (QED) is 0.405. The molecule has 0 spiro atoms. The third-order valence-corrected chi connectivity index (χ3v) is 6.57. The number of hydrogen-bond donors (Lipinski definition) is 2. The van der Waals surface area contributed by atoms with E-state index < -0.39 is 0 Å². The zero-order valence-corrected chi connectivity index (χ0v) is 20.0. The molecule has 7 heteroatoms. The first-order chi connectivity index (χ1) is 16.6. The first-order valence-corrected chi connectivity index (χ1v) is 12.0. The van der Waals surface area contributed by atoms with E-state index >= 15 is 0 Å². The van der Waals surface area contributed by atoms with Crippen molar-refractivity contribution in [2.24, 2.45) is 0 Å². The Kier molecular flexibility index (Phi) is 6.63. The van der Waals surface area contributed by atoms with Crippen molar-refractivity contribution in [3.05, 3.63) is 77.4 Å². The summed E-state index contributed by atoms with van der Waals surface area (Å²) in [5.74, 6) is 0.572. The molecular weight excluding hydrogens is 446 g/mol. The van der Waals surface area contributed by atoms with Gasteiger partial charge in [0, 0.05) is 66.3 Å². The van der Waals surface area contributed by atoms with E-state index in [2.05, 4.69) is 51.3 Å². The Balaban J connectivity index is 1.35. The number of halogens is 1. The van der Waals surface area contributed by atoms with Gasteiger partial charge in [0.15, 0.2) is 0 Å². The number of β-amino-alcohol motifs (C(OH)–C–C–N with tert-alkyl or cyclic N) is 1. The molecule has 0 radical (unpaired) electrons. The molecule has 0 saturated carbocycles. The van der Waals surface area contributed by atoms with E-state index in [1.807, 2.05) is 42.6 Å². The molecule has 174 valence electrons. The van der Waals surface area contributed by atoms with E-state index in [9.17, 15) is 5.11 Å². The summed E-state index contributed by atoms with van der Waals surface area (Å²) in [7, 11) is 0. The second kappa shape index (κ2) is 9.97. The molecule has 4 aromatic rings. The second-order valence-corrected chi connectivity index (χ2v) is 9.09. The maximum Gasteiger partial charge on any atom is 0.227 e. The highest BCUT2D eigenvalue weighted by Crippen LogP contribution is 2.30. The maximum atomic E-state index is 9.18. The molecule has 0 aliphatic carbocycles. The molecule has 1 aromatic heterocycles. The van der Waals surface area contributed by atoms with E-state index in [0.717, 1.165) is 65.5 Å². The summed E-state index contributed by atoms with van der Waals surface area (Å²) < 4.78 is 0. The van der Waals surface area contributed by atoms with Gasteiger partial charge in [-0.3, -0.25) is 4.90 Å². The van der Waals surface area contributed by atoms with Crippen molar-refractivity contribution in [3.63, 3.8) is 0 Å². The third kappa shape index (κ3) is 4.99. The van der Waals surface area contributed by atoms with E-state index in [-0.39, 0.29) is 6.61 Å². The highest BCUT2D eigenvalue weighted by atomic mass is 35.5. The second-order valence-electron chi connectivity index (χ2n) is 8.68. The summed E-state index contributed by atoms with van der Waals surface area (Å²) in [6, 6.07) is 20.4. The fraction of sp³-hybridized carbons (Fsp3) is 0.259. The minimum absolute atomic E-state index is 0.214. The highest BCUT2D eigenvalue weighted by molar-refractivity contribution is 6.33. The smallest absolute Gasteiger partial charge is 0.227 e. The molecule has 1 fully saturated rings. The van der Waals surface area contributed by atoms with Crippen LogP contribution in [0.3, 0.4) is 0 Å². The van der Waals surface area contributed by atoms with Crippen molar-refractivity contribution in [3.8, 4) is 11.1 Å². The fourth-order valence-corrected chi connectivity index (χ4v) is 4.72. The molecular formula is C27H28ClN5O. The van der Waals surface area contributed by atoms with Gasteiger partial charge >= 0.3 is 0 Å². The number of hydrogen-bond acceptors (Lipinski definition) is 6. The number of nitrogens with zero attached hydrogens (tertiary/aromatic N) is 4. The molecule has 1 aliphatic rings. The summed E-state index contributed by atoms with van der Waals surface area (Å²) in [6.07, 6.45) is 1.85. The largest absolute Gasteiger partial charge is 0.395 e. The van der Waals surface area contributed by atoms with Crippen molar-refractivity contribution >= 4 is 39.8 Å². The van der Waals surface area contributed by atoms with Crippen LogP contribution >= 0.6 is 11.6 Å². The van der Waals surface area contributed by atoms with E-state index in [0.29, 0.717) is 5.95 Å². The Morgan fingerprint density at radius 1 is 1.00 bits per heavy atom. The number of aromatic nitrogens is 2. The number of rotatable bonds is 6. The average molecular weight is 474 g/mol. The van der Waals surface area contributed by atoms with Gasteiger partial charge in [0.25, 0.3) is 0 Å². The summed E-state index contributed by atoms with van der Waals surface area (Å²) >= 11 is 6.37. The molecule has 1 aliphatic heterocycles. The van der Waals surface area contributed by atoms with Gasteiger partial charge in [-0.25, -0.2) is 9.97 Å². The van der Waals surface area contributed by atoms with Crippen LogP contribution in [0.2, 0.25) is 5.02 Å². The van der Waals surface area contributed by atoms with Crippen molar-refractivity contribution in [1.29, 1.82) is 0 Å². The van der Waals surface area contributed by atoms with E-state index in [1.54, 1.807) is 0 Å². The van der Waals surface area contributed by atoms with Crippen LogP contribution in [0, 0.1) is 6.92 Å². The minimum atomic E-state index is 0.214. The molecule has 0 bridgehead atoms. The number of aryl methyl sites for hydroxylation is 1. The molecule has 3 aromatic carbocycles. The van der Waals surface area contributed by atoms with E-state index in [1.165, 1.54) is 11.3 Å². The van der Waals surface area contributed by atoms with Crippen molar-refractivity contribution in [2.45, 2.75) is 6.92 Å². The van der Waals surface area contributed by atoms with Gasteiger partial charge in [0.1, 0.15) is 0 Å². The average Bonchev–Trinajstić information content (AvgIpc) is 2.84. The van der Waals surface area contributed by atoms with Crippen LogP contribution in [-0.2, 0) is 0 Å². The minimum Gasteiger partial charge on any atom is -0.395 e. The molecule has 0 atom stereocenters. The number of nitrogens with one attached hydrogen (secondary N) is 1. The Bertz CT molecular complexity index is 1300. The molecule has 0 unspecified atom stereocenters. The van der Waals surface area contributed by atoms with Gasteiger partial charge in [-0.15, -0.1) is 0 Å². The SMILES string of the molecule is Cc1cc(Nc2ncc3cc(-c4ccccc4Cl)ccc3n2)cc(N2CCN(CCO)CC2)c1. The molecule has 5 rings (SSSR count). The summed E-state index contributed by atoms with van der Waals surface area (Å²) in [4.78, 5) is 14.0. The standard InChI is InChI=1S/C27H28ClN5O/c1-19-14-22(17-23(15-19)33-10-8-32(9-11-33)12-13-34)30-27-29-18-21-16-20(6-7-26(21)31-27)24-4-2-3-5-25(24)28/h2-7,14-18,34H,8-13H2,1H3,(H,29,30,31). The molecule has 0 amide bonds. The number of piperazine rings is 1. The van der Waals surface area contributed by atoms with Crippen LogP contribution in [0.1, 0.15) is 5.56 Å². The van der Waals surface area contributed by atoms with Crippen molar-refractivity contribution < 1.29 is 5.11 Å². The lowest BCUT2D eigenvalue weighted by atomic mass is 10.0. The van der Waals surface area contributed by atoms with Crippen LogP contribution in [0.5, 0.6) is 0 Å². The first-order valence-electron chi connectivity index (χ1n) is 11.6. The fourth-order valence-electron chi connectivity index (χ4n) is 4.47. The van der Waals surface area contributed by atoms with Gasteiger partial charge < -0.3 is 15.3 Å². The van der Waals surface area contributed by atoms with Crippen molar-refractivity contribution in [1.82, 2.24) is 14.9 Å². The van der Waals surface area contributed by atoms with Crippen LogP contribution in [0.15, 0.2) is 66.9 Å². The first kappa shape index (κ1) is 22.6. The monoisotopic (exact) mass is 473 g/mol. The lowest BCUT2D eigenvalue weighted by Gasteiger charge is -2.36. The number of anilines is 3. The predicted molar refractivity (Wildman–Crippen MR) is 140 cm³/mol. The summed E-state index contributed by atoms with van der Waals surface area (Å²) in [5.41, 5.74) is 6.27. The zero-order valence-electron chi connectivity index (χ0n) is 19.2. The lowest BCUT2D eigenvalue weighted by molar-refractivity contribution is 0.189. The predicted octanol–water partition coefficient (Wildman–Crippen LogP) is 5.12. The zero-order chi connectivity index (χ0) is 23.5. The summed E-state index contributed by atoms with van der Waals surface area (Å²) in [5, 5.41) is 14.3. The Morgan fingerprint density at radius 3 is 2.62 bits per heavy atom. The Morgan fingerprint density at radius 2 is 1.82 bits per heavy atom. The molecule has 6 nitrogen and oxygen atoms in total. The molecule has 2 heterocycles. The number of benzene rings is 3. The normalized spacial score (nSPS) is 14.5. The van der Waals surface area contributed by atoms with Gasteiger partial charge in [0.05, 0.1) is 12.1 Å². The Labute approximate surface area is 204 Å². The van der Waals surface area contributed by atoms with Crippen LogP contribution < -0.4 is 10.2 Å².